The third-order valence-corrected chi connectivity index (χ3v) is 3.06. The first-order valence-corrected chi connectivity index (χ1v) is 5.00. The Morgan fingerprint density at radius 1 is 1.50 bits per heavy atom. The summed E-state index contributed by atoms with van der Waals surface area (Å²) in [5.74, 6) is 0. The van der Waals surface area contributed by atoms with Crippen LogP contribution in [-0.4, -0.2) is 20.1 Å². The van der Waals surface area contributed by atoms with Gasteiger partial charge in [-0.05, 0) is 12.8 Å². The highest BCUT2D eigenvalue weighted by Crippen LogP contribution is 2.13. The molecule has 1 aliphatic heterocycles. The molecule has 1 rings (SSSR count). The van der Waals surface area contributed by atoms with Crippen molar-refractivity contribution in [2.24, 2.45) is 5.40 Å². The van der Waals surface area contributed by atoms with Gasteiger partial charge in [0.25, 0.3) is 0 Å². The summed E-state index contributed by atoms with van der Waals surface area (Å²) in [5.41, 5.74) is 0. The minimum Gasteiger partial charge on any atom is -0.399 e. The zero-order chi connectivity index (χ0) is 6.04. The average Bonchev–Trinajstić information content (AvgIpc) is 1.65. The second-order valence-corrected chi connectivity index (χ2v) is 4.63. The fraction of sp³-hybridized carbons (Fsp3) is 1.00. The lowest BCUT2D eigenvalue weighted by Gasteiger charge is -2.23. The molecule has 0 spiro atoms. The summed E-state index contributed by atoms with van der Waals surface area (Å²) in [6, 6.07) is 0.701. The topological polar surface area (TPSA) is 55.5 Å². The van der Waals surface area contributed by atoms with E-state index in [9.17, 15) is 0 Å². The van der Waals surface area contributed by atoms with E-state index in [1.165, 1.54) is 0 Å². The Balaban J connectivity index is 2.33. The number of hydrogen-bond acceptors (Lipinski definition) is 3. The molecule has 3 nitrogen and oxygen atoms in total. The lowest BCUT2D eigenvalue weighted by Crippen LogP contribution is -2.51. The molecule has 1 heterocycles. The van der Waals surface area contributed by atoms with Gasteiger partial charge in [-0.2, -0.15) is 0 Å². The molecule has 0 amide bonds. The van der Waals surface area contributed by atoms with E-state index in [2.05, 4.69) is 0 Å². The lowest BCUT2D eigenvalue weighted by atomic mass is 10.4. The van der Waals surface area contributed by atoms with E-state index in [-0.39, 0.29) is 0 Å². The summed E-state index contributed by atoms with van der Waals surface area (Å²) in [7, 11) is -2.59. The summed E-state index contributed by atoms with van der Waals surface area (Å²) in [5, 5.41) is 5.35. The second-order valence-electron chi connectivity index (χ2n) is 2.15. The van der Waals surface area contributed by atoms with Crippen LogP contribution in [0, 0.1) is 0 Å². The minimum absolute atomic E-state index is 0.652. The molecule has 0 bridgehead atoms. The number of rotatable bonds is 0. The Bertz CT molecular complexity index is 78.1. The first kappa shape index (κ1) is 6.22. The van der Waals surface area contributed by atoms with Gasteiger partial charge >= 0.3 is 8.72 Å². The molecule has 1 atom stereocenters. The van der Waals surface area contributed by atoms with Gasteiger partial charge in [-0.25, -0.2) is 0 Å². The molecular formula is C4H11NO2Si. The minimum atomic E-state index is -2.59. The molecule has 4 heteroatoms. The van der Waals surface area contributed by atoms with Crippen LogP contribution in [0.1, 0.15) is 12.8 Å². The van der Waals surface area contributed by atoms with E-state index in [4.69, 9.17) is 14.6 Å². The van der Waals surface area contributed by atoms with Crippen molar-refractivity contribution in [1.82, 2.24) is 0 Å². The molecule has 0 aromatic rings. The van der Waals surface area contributed by atoms with Gasteiger partial charge in [0.2, 0.25) is 0 Å². The van der Waals surface area contributed by atoms with Gasteiger partial charge in [-0.1, -0.05) is 0 Å². The molecule has 1 aliphatic rings. The number of hydrogen-bond donors (Lipinski definition) is 2. The Labute approximate surface area is 49.8 Å². The fourth-order valence-corrected chi connectivity index (χ4v) is 2.20. The summed E-state index contributed by atoms with van der Waals surface area (Å²) in [6.07, 6.45) is 2.08. The summed E-state index contributed by atoms with van der Waals surface area (Å²) in [6.45, 7) is 0.652. The van der Waals surface area contributed by atoms with Crippen molar-refractivity contribution in [3.63, 3.8) is 0 Å². The third-order valence-electron chi connectivity index (χ3n) is 1.28. The highest BCUT2D eigenvalue weighted by Gasteiger charge is 2.30. The third kappa shape index (κ3) is 1.55. The summed E-state index contributed by atoms with van der Waals surface area (Å²) < 4.78 is 4.94. The molecule has 8 heavy (non-hydrogen) atoms. The van der Waals surface area contributed by atoms with Crippen LogP contribution in [0.15, 0.2) is 0 Å². The lowest BCUT2D eigenvalue weighted by molar-refractivity contribution is 0.202. The molecule has 0 saturated carbocycles. The van der Waals surface area contributed by atoms with Crippen LogP contribution in [0.5, 0.6) is 0 Å². The smallest absolute Gasteiger partial charge is 0.399 e. The summed E-state index contributed by atoms with van der Waals surface area (Å²) >= 11 is 0. The van der Waals surface area contributed by atoms with E-state index < -0.39 is 8.72 Å². The predicted octanol–water partition coefficient (Wildman–Crippen LogP) is -0.313. The van der Waals surface area contributed by atoms with Gasteiger partial charge in [0, 0.05) is 12.7 Å². The zero-order valence-corrected chi connectivity index (χ0v) is 5.76. The molecule has 3 N–H and O–H groups in total. The van der Waals surface area contributed by atoms with Crippen molar-refractivity contribution in [3.8, 4) is 0 Å². The van der Waals surface area contributed by atoms with E-state index in [0.29, 0.717) is 12.7 Å². The zero-order valence-electron chi connectivity index (χ0n) is 4.76. The van der Waals surface area contributed by atoms with Crippen LogP contribution in [-0.2, 0) is 4.43 Å². The van der Waals surface area contributed by atoms with Gasteiger partial charge in [0.1, 0.15) is 0 Å². The first-order chi connectivity index (χ1) is 3.71. The quantitative estimate of drug-likeness (QED) is 0.445. The van der Waals surface area contributed by atoms with Crippen LogP contribution in [0.2, 0.25) is 6.04 Å². The molecule has 0 aliphatic carbocycles. The maximum absolute atomic E-state index is 9.07. The number of nitrogens with two attached hydrogens (primary N) is 1. The molecule has 1 fully saturated rings. The molecule has 0 radical (unpaired) electrons. The Morgan fingerprint density at radius 2 is 2.25 bits per heavy atom. The van der Waals surface area contributed by atoms with E-state index >= 15 is 0 Å². The maximum Gasteiger partial charge on any atom is 0.419 e. The van der Waals surface area contributed by atoms with Crippen LogP contribution in [0.3, 0.4) is 0 Å². The largest absolute Gasteiger partial charge is 0.419 e. The predicted molar refractivity (Wildman–Crippen MR) is 32.2 cm³/mol. The van der Waals surface area contributed by atoms with Crippen molar-refractivity contribution in [2.45, 2.75) is 18.9 Å². The van der Waals surface area contributed by atoms with Gasteiger partial charge in [0.15, 0.2) is 0 Å². The normalized spacial score (nSPS) is 39.8. The standard InChI is InChI=1S/C4H11NO2Si/c5-8(6)4-2-1-3-7-8/h6H,1-5H2. The molecule has 1 saturated heterocycles. The van der Waals surface area contributed by atoms with E-state index in [1.807, 2.05) is 0 Å². The maximum atomic E-state index is 9.07. The van der Waals surface area contributed by atoms with E-state index in [0.717, 1.165) is 12.8 Å². The van der Waals surface area contributed by atoms with Crippen molar-refractivity contribution in [1.29, 1.82) is 0 Å². The Morgan fingerprint density at radius 3 is 2.50 bits per heavy atom. The van der Waals surface area contributed by atoms with Crippen molar-refractivity contribution < 1.29 is 9.22 Å². The van der Waals surface area contributed by atoms with Gasteiger partial charge in [0.05, 0.1) is 0 Å². The van der Waals surface area contributed by atoms with Crippen LogP contribution in [0.25, 0.3) is 0 Å². The fourth-order valence-electron chi connectivity index (χ4n) is 0.801. The van der Waals surface area contributed by atoms with Crippen molar-refractivity contribution >= 4 is 8.72 Å². The monoisotopic (exact) mass is 133 g/mol. The van der Waals surface area contributed by atoms with Crippen LogP contribution < -0.4 is 5.40 Å². The molecule has 0 aromatic heterocycles. The highest BCUT2D eigenvalue weighted by molar-refractivity contribution is 6.62. The molecule has 1 unspecified atom stereocenters. The highest BCUT2D eigenvalue weighted by atomic mass is 28.4. The van der Waals surface area contributed by atoms with Crippen molar-refractivity contribution in [2.75, 3.05) is 6.61 Å². The van der Waals surface area contributed by atoms with Crippen LogP contribution >= 0.6 is 0 Å². The first-order valence-electron chi connectivity index (χ1n) is 2.86. The van der Waals surface area contributed by atoms with Gasteiger partial charge in [-0.15, -0.1) is 0 Å². The molecule has 48 valence electrons. The van der Waals surface area contributed by atoms with Gasteiger partial charge in [-0.3, -0.25) is 0 Å². The Kier molecular flexibility index (Phi) is 1.67. The van der Waals surface area contributed by atoms with Crippen LogP contribution in [0.4, 0.5) is 0 Å². The van der Waals surface area contributed by atoms with Crippen molar-refractivity contribution in [3.05, 3.63) is 0 Å². The molecule has 0 aromatic carbocycles. The SMILES string of the molecule is N[Si]1(O)CCCCO1. The van der Waals surface area contributed by atoms with Gasteiger partial charge < -0.3 is 14.6 Å². The van der Waals surface area contributed by atoms with E-state index in [1.54, 1.807) is 0 Å². The second kappa shape index (κ2) is 2.14. The average molecular weight is 133 g/mol. The Hall–Kier alpha value is 0.0969. The molecular weight excluding hydrogens is 122 g/mol. The summed E-state index contributed by atoms with van der Waals surface area (Å²) in [4.78, 5) is 9.07.